The third-order valence-corrected chi connectivity index (χ3v) is 1.15. The summed E-state index contributed by atoms with van der Waals surface area (Å²) in [6, 6.07) is 0. The van der Waals surface area contributed by atoms with E-state index in [1.54, 1.807) is 6.21 Å². The minimum atomic E-state index is 0.0816. The van der Waals surface area contributed by atoms with Crippen LogP contribution in [0.4, 0.5) is 0 Å². The molecular weight excluding hydrogens is 126 g/mol. The topological polar surface area (TPSA) is 41.6 Å². The molecule has 3 heteroatoms. The molecule has 2 N–H and O–H groups in total. The van der Waals surface area contributed by atoms with Crippen LogP contribution in [0.1, 0.15) is 13.8 Å². The molecule has 60 valence electrons. The molecule has 0 unspecified atom stereocenters. The lowest BCUT2D eigenvalue weighted by Crippen LogP contribution is -2.29. The van der Waals surface area contributed by atoms with Crippen molar-refractivity contribution in [1.82, 2.24) is 4.90 Å². The lowest BCUT2D eigenvalue weighted by molar-refractivity contribution is 0.315. The molecular formula is C7H17N3. The molecule has 0 saturated carbocycles. The first-order chi connectivity index (χ1) is 4.48. The van der Waals surface area contributed by atoms with Crippen molar-refractivity contribution in [2.45, 2.75) is 13.8 Å². The summed E-state index contributed by atoms with van der Waals surface area (Å²) in [5.41, 5.74) is 0.0816. The maximum atomic E-state index is 5.04. The third kappa shape index (κ3) is 4.32. The van der Waals surface area contributed by atoms with Crippen molar-refractivity contribution < 1.29 is 0 Å². The van der Waals surface area contributed by atoms with E-state index in [0.29, 0.717) is 0 Å². The molecule has 0 atom stereocenters. The van der Waals surface area contributed by atoms with E-state index in [1.165, 1.54) is 0 Å². The summed E-state index contributed by atoms with van der Waals surface area (Å²) >= 11 is 0. The summed E-state index contributed by atoms with van der Waals surface area (Å²) in [6.45, 7) is 5.17. The minimum absolute atomic E-state index is 0.0816. The third-order valence-electron chi connectivity index (χ3n) is 1.15. The standard InChI is InChI=1S/C7H17N3/c1-7(2,5-9-8)6-10(3)4/h5H,6,8H2,1-4H3. The van der Waals surface area contributed by atoms with E-state index < -0.39 is 0 Å². The van der Waals surface area contributed by atoms with Gasteiger partial charge in [0.15, 0.2) is 0 Å². The number of hydrazone groups is 1. The summed E-state index contributed by atoms with van der Waals surface area (Å²) in [4.78, 5) is 2.11. The van der Waals surface area contributed by atoms with Crippen LogP contribution in [0.2, 0.25) is 0 Å². The van der Waals surface area contributed by atoms with Gasteiger partial charge in [0.2, 0.25) is 0 Å². The Morgan fingerprint density at radius 3 is 2.30 bits per heavy atom. The molecule has 0 aromatic heterocycles. The van der Waals surface area contributed by atoms with Crippen molar-refractivity contribution in [3.8, 4) is 0 Å². The molecule has 0 fully saturated rings. The van der Waals surface area contributed by atoms with Crippen molar-refractivity contribution >= 4 is 6.21 Å². The number of hydrogen-bond acceptors (Lipinski definition) is 3. The van der Waals surface area contributed by atoms with Gasteiger partial charge in [-0.2, -0.15) is 5.10 Å². The Kier molecular flexibility index (Phi) is 3.36. The fourth-order valence-electron chi connectivity index (χ4n) is 1.06. The van der Waals surface area contributed by atoms with Crippen LogP contribution in [-0.4, -0.2) is 31.8 Å². The lowest BCUT2D eigenvalue weighted by atomic mass is 9.95. The summed E-state index contributed by atoms with van der Waals surface area (Å²) in [6.07, 6.45) is 1.77. The highest BCUT2D eigenvalue weighted by Crippen LogP contribution is 2.11. The highest BCUT2D eigenvalue weighted by atomic mass is 15.1. The van der Waals surface area contributed by atoms with E-state index in [0.717, 1.165) is 6.54 Å². The van der Waals surface area contributed by atoms with Crippen molar-refractivity contribution in [1.29, 1.82) is 0 Å². The monoisotopic (exact) mass is 143 g/mol. The lowest BCUT2D eigenvalue weighted by Gasteiger charge is -2.22. The summed E-state index contributed by atoms with van der Waals surface area (Å²) in [7, 11) is 4.07. The van der Waals surface area contributed by atoms with Crippen molar-refractivity contribution in [3.63, 3.8) is 0 Å². The molecule has 0 heterocycles. The van der Waals surface area contributed by atoms with Gasteiger partial charge in [-0.3, -0.25) is 0 Å². The van der Waals surface area contributed by atoms with E-state index in [1.807, 2.05) is 14.1 Å². The number of nitrogens with two attached hydrogens (primary N) is 1. The second-order valence-electron chi connectivity index (χ2n) is 3.50. The van der Waals surface area contributed by atoms with E-state index in [-0.39, 0.29) is 5.41 Å². The van der Waals surface area contributed by atoms with Crippen LogP contribution in [-0.2, 0) is 0 Å². The van der Waals surface area contributed by atoms with Gasteiger partial charge >= 0.3 is 0 Å². The zero-order chi connectivity index (χ0) is 8.20. The van der Waals surface area contributed by atoms with Crippen LogP contribution in [0.15, 0.2) is 5.10 Å². The van der Waals surface area contributed by atoms with Gasteiger partial charge in [0.05, 0.1) is 0 Å². The van der Waals surface area contributed by atoms with E-state index in [4.69, 9.17) is 5.84 Å². The summed E-state index contributed by atoms with van der Waals surface area (Å²) in [5, 5.41) is 3.51. The molecule has 0 saturated heterocycles. The molecule has 0 aliphatic carbocycles. The fourth-order valence-corrected chi connectivity index (χ4v) is 1.06. The molecule has 0 aromatic rings. The second kappa shape index (κ2) is 3.56. The Morgan fingerprint density at radius 2 is 2.00 bits per heavy atom. The van der Waals surface area contributed by atoms with Gasteiger partial charge in [0.1, 0.15) is 0 Å². The second-order valence-corrected chi connectivity index (χ2v) is 3.50. The first-order valence-electron chi connectivity index (χ1n) is 3.37. The number of nitrogens with zero attached hydrogens (tertiary/aromatic N) is 2. The Morgan fingerprint density at radius 1 is 1.50 bits per heavy atom. The fraction of sp³-hybridized carbons (Fsp3) is 0.857. The molecule has 0 bridgehead atoms. The van der Waals surface area contributed by atoms with Crippen molar-refractivity contribution in [3.05, 3.63) is 0 Å². The average Bonchev–Trinajstić information content (AvgIpc) is 1.59. The molecule has 10 heavy (non-hydrogen) atoms. The van der Waals surface area contributed by atoms with Gasteiger partial charge in [-0.05, 0) is 14.1 Å². The van der Waals surface area contributed by atoms with Gasteiger partial charge in [-0.15, -0.1) is 0 Å². The Hall–Kier alpha value is -0.570. The summed E-state index contributed by atoms with van der Waals surface area (Å²) in [5.74, 6) is 5.04. The van der Waals surface area contributed by atoms with Crippen LogP contribution >= 0.6 is 0 Å². The first kappa shape index (κ1) is 9.43. The molecule has 0 radical (unpaired) electrons. The highest BCUT2D eigenvalue weighted by molar-refractivity contribution is 5.64. The van der Waals surface area contributed by atoms with Gasteiger partial charge in [-0.1, -0.05) is 13.8 Å². The zero-order valence-electron chi connectivity index (χ0n) is 7.26. The number of rotatable bonds is 3. The predicted octanol–water partition coefficient (Wildman–Crippen LogP) is 0.519. The smallest absolute Gasteiger partial charge is 0.0309 e. The average molecular weight is 143 g/mol. The molecule has 0 aromatic carbocycles. The predicted molar refractivity (Wildman–Crippen MR) is 45.0 cm³/mol. The van der Waals surface area contributed by atoms with E-state index in [9.17, 15) is 0 Å². The Bertz CT molecular complexity index is 116. The van der Waals surface area contributed by atoms with Gasteiger partial charge in [0.25, 0.3) is 0 Å². The molecule has 3 nitrogen and oxygen atoms in total. The van der Waals surface area contributed by atoms with Gasteiger partial charge in [0, 0.05) is 18.2 Å². The largest absolute Gasteiger partial charge is 0.324 e. The quantitative estimate of drug-likeness (QED) is 0.355. The molecule has 0 aliphatic heterocycles. The first-order valence-corrected chi connectivity index (χ1v) is 3.37. The molecule has 0 aliphatic rings. The minimum Gasteiger partial charge on any atom is -0.324 e. The maximum Gasteiger partial charge on any atom is 0.0309 e. The molecule has 0 spiro atoms. The van der Waals surface area contributed by atoms with Crippen molar-refractivity contribution in [2.75, 3.05) is 20.6 Å². The number of hydrogen-bond donors (Lipinski definition) is 1. The Labute approximate surface area is 62.9 Å². The SMILES string of the molecule is CN(C)CC(C)(C)C=NN. The van der Waals surface area contributed by atoms with Crippen LogP contribution in [0.25, 0.3) is 0 Å². The van der Waals surface area contributed by atoms with Gasteiger partial charge in [-0.25, -0.2) is 0 Å². The van der Waals surface area contributed by atoms with Crippen LogP contribution in [0.3, 0.4) is 0 Å². The van der Waals surface area contributed by atoms with Gasteiger partial charge < -0.3 is 10.7 Å². The zero-order valence-corrected chi connectivity index (χ0v) is 7.26. The normalized spacial score (nSPS) is 13.3. The molecule has 0 amide bonds. The maximum absolute atomic E-state index is 5.04. The Balaban J connectivity index is 3.86. The van der Waals surface area contributed by atoms with Crippen LogP contribution in [0.5, 0.6) is 0 Å². The summed E-state index contributed by atoms with van der Waals surface area (Å²) < 4.78 is 0. The van der Waals surface area contributed by atoms with E-state index >= 15 is 0 Å². The molecule has 0 rings (SSSR count). The van der Waals surface area contributed by atoms with Crippen molar-refractivity contribution in [2.24, 2.45) is 16.4 Å². The van der Waals surface area contributed by atoms with E-state index in [2.05, 4.69) is 23.8 Å². The highest BCUT2D eigenvalue weighted by Gasteiger charge is 2.15. The van der Waals surface area contributed by atoms with Crippen LogP contribution in [0, 0.1) is 5.41 Å². The van der Waals surface area contributed by atoms with Crippen LogP contribution < -0.4 is 5.84 Å².